The van der Waals surface area contributed by atoms with Gasteiger partial charge in [-0.3, -0.25) is 4.79 Å². The maximum absolute atomic E-state index is 12.5. The lowest BCUT2D eigenvalue weighted by Crippen LogP contribution is -2.30. The summed E-state index contributed by atoms with van der Waals surface area (Å²) in [7, 11) is -3.48. The minimum absolute atomic E-state index is 0.250. The van der Waals surface area contributed by atoms with Crippen molar-refractivity contribution in [2.45, 2.75) is 38.6 Å². The van der Waals surface area contributed by atoms with E-state index in [1.807, 2.05) is 20.8 Å². The van der Waals surface area contributed by atoms with Crippen molar-refractivity contribution in [1.82, 2.24) is 9.62 Å². The van der Waals surface area contributed by atoms with Crippen molar-refractivity contribution in [3.63, 3.8) is 0 Å². The number of hydrogen-bond acceptors (Lipinski definition) is 4. The molecule has 2 aromatic rings. The van der Waals surface area contributed by atoms with Gasteiger partial charge in [-0.25, -0.2) is 8.42 Å². The van der Waals surface area contributed by atoms with E-state index in [0.29, 0.717) is 18.8 Å². The Labute approximate surface area is 148 Å². The van der Waals surface area contributed by atoms with E-state index in [4.69, 9.17) is 4.42 Å². The summed E-state index contributed by atoms with van der Waals surface area (Å²) < 4.78 is 31.7. The zero-order valence-electron chi connectivity index (χ0n) is 14.9. The average molecular weight is 364 g/mol. The minimum atomic E-state index is -3.48. The van der Waals surface area contributed by atoms with Crippen LogP contribution in [0.25, 0.3) is 0 Å². The summed E-state index contributed by atoms with van der Waals surface area (Å²) in [5.41, 5.74) is 0.815. The van der Waals surface area contributed by atoms with Gasteiger partial charge in [-0.15, -0.1) is 0 Å². The van der Waals surface area contributed by atoms with Crippen LogP contribution in [0.2, 0.25) is 0 Å². The van der Waals surface area contributed by atoms with Gasteiger partial charge in [-0.05, 0) is 43.7 Å². The lowest BCUT2D eigenvalue weighted by atomic mass is 10.1. The predicted molar refractivity (Wildman–Crippen MR) is 95.9 cm³/mol. The molecule has 0 saturated carbocycles. The Morgan fingerprint density at radius 3 is 2.20 bits per heavy atom. The number of carbonyl (C=O) groups is 1. The van der Waals surface area contributed by atoms with Crippen LogP contribution in [0.5, 0.6) is 0 Å². The number of furan rings is 1. The summed E-state index contributed by atoms with van der Waals surface area (Å²) in [5, 5.41) is 2.84. The fourth-order valence-electron chi connectivity index (χ4n) is 2.55. The maximum Gasteiger partial charge on any atom is 0.287 e. The topological polar surface area (TPSA) is 79.6 Å². The average Bonchev–Trinajstić information content (AvgIpc) is 3.02. The van der Waals surface area contributed by atoms with Crippen LogP contribution in [-0.2, 0) is 10.0 Å². The molecule has 1 amide bonds. The molecule has 1 heterocycles. The second-order valence-electron chi connectivity index (χ2n) is 5.76. The van der Waals surface area contributed by atoms with Gasteiger partial charge in [0.25, 0.3) is 5.91 Å². The Morgan fingerprint density at radius 2 is 1.72 bits per heavy atom. The molecule has 1 N–H and O–H groups in total. The third-order valence-corrected chi connectivity index (χ3v) is 6.10. The highest BCUT2D eigenvalue weighted by atomic mass is 32.2. The Bertz CT molecular complexity index is 821. The SMILES string of the molecule is CCN(CC)S(=O)(=O)c1ccc([C@H](C)NC(=O)c2ccc(C)o2)cc1. The van der Waals surface area contributed by atoms with Crippen LogP contribution < -0.4 is 5.32 Å². The third kappa shape index (κ3) is 4.29. The van der Waals surface area contributed by atoms with Crippen LogP contribution in [0.4, 0.5) is 0 Å². The van der Waals surface area contributed by atoms with E-state index < -0.39 is 10.0 Å². The predicted octanol–water partition coefficient (Wildman–Crippen LogP) is 3.11. The molecule has 136 valence electrons. The molecule has 1 aromatic carbocycles. The first-order valence-electron chi connectivity index (χ1n) is 8.27. The van der Waals surface area contributed by atoms with Crippen molar-refractivity contribution in [2.75, 3.05) is 13.1 Å². The van der Waals surface area contributed by atoms with Gasteiger partial charge in [0.1, 0.15) is 5.76 Å². The van der Waals surface area contributed by atoms with Gasteiger partial charge in [-0.1, -0.05) is 26.0 Å². The number of nitrogens with one attached hydrogen (secondary N) is 1. The quantitative estimate of drug-likeness (QED) is 0.819. The number of rotatable bonds is 7. The standard InChI is InChI=1S/C18H24N2O4S/c1-5-20(6-2)25(22,23)16-10-8-15(9-11-16)14(4)19-18(21)17-12-7-13(3)24-17/h7-12,14H,5-6H2,1-4H3,(H,19,21)/t14-/m0/s1. The Balaban J connectivity index is 2.12. The lowest BCUT2D eigenvalue weighted by molar-refractivity contribution is 0.0910. The van der Waals surface area contributed by atoms with E-state index in [1.165, 1.54) is 4.31 Å². The summed E-state index contributed by atoms with van der Waals surface area (Å²) in [5.74, 6) is 0.620. The first kappa shape index (κ1) is 19.2. The van der Waals surface area contributed by atoms with Crippen LogP contribution in [0.3, 0.4) is 0 Å². The smallest absolute Gasteiger partial charge is 0.287 e. The van der Waals surface area contributed by atoms with Crippen LogP contribution in [0, 0.1) is 6.92 Å². The van der Waals surface area contributed by atoms with E-state index in [0.717, 1.165) is 5.56 Å². The number of nitrogens with zero attached hydrogens (tertiary/aromatic N) is 1. The zero-order valence-corrected chi connectivity index (χ0v) is 15.8. The number of aryl methyl sites for hydroxylation is 1. The second kappa shape index (κ2) is 7.84. The van der Waals surface area contributed by atoms with Crippen LogP contribution in [-0.4, -0.2) is 31.7 Å². The maximum atomic E-state index is 12.5. The molecular weight excluding hydrogens is 340 g/mol. The molecule has 0 saturated heterocycles. The van der Waals surface area contributed by atoms with E-state index in [2.05, 4.69) is 5.32 Å². The molecule has 0 radical (unpaired) electrons. The van der Waals surface area contributed by atoms with Crippen molar-refractivity contribution in [3.05, 3.63) is 53.5 Å². The fourth-order valence-corrected chi connectivity index (χ4v) is 4.01. The summed E-state index contributed by atoms with van der Waals surface area (Å²) in [4.78, 5) is 12.4. The molecule has 0 unspecified atom stereocenters. The van der Waals surface area contributed by atoms with Gasteiger partial charge in [0.15, 0.2) is 5.76 Å². The van der Waals surface area contributed by atoms with E-state index in [9.17, 15) is 13.2 Å². The number of carbonyl (C=O) groups excluding carboxylic acids is 1. The van der Waals surface area contributed by atoms with Crippen molar-refractivity contribution in [2.24, 2.45) is 0 Å². The molecule has 0 aliphatic heterocycles. The highest BCUT2D eigenvalue weighted by Gasteiger charge is 2.22. The highest BCUT2D eigenvalue weighted by Crippen LogP contribution is 2.20. The minimum Gasteiger partial charge on any atom is -0.456 e. The Morgan fingerprint density at radius 1 is 1.12 bits per heavy atom. The highest BCUT2D eigenvalue weighted by molar-refractivity contribution is 7.89. The van der Waals surface area contributed by atoms with Gasteiger partial charge in [0, 0.05) is 13.1 Å². The molecule has 7 heteroatoms. The van der Waals surface area contributed by atoms with Crippen LogP contribution in [0.1, 0.15) is 48.7 Å². The summed E-state index contributed by atoms with van der Waals surface area (Å²) >= 11 is 0. The molecule has 25 heavy (non-hydrogen) atoms. The van der Waals surface area contributed by atoms with Crippen molar-refractivity contribution < 1.29 is 17.6 Å². The van der Waals surface area contributed by atoms with Crippen molar-refractivity contribution in [3.8, 4) is 0 Å². The molecule has 0 aliphatic rings. The molecule has 0 aliphatic carbocycles. The molecule has 2 rings (SSSR count). The van der Waals surface area contributed by atoms with Crippen LogP contribution in [0.15, 0.2) is 45.7 Å². The fraction of sp³-hybridized carbons (Fsp3) is 0.389. The second-order valence-corrected chi connectivity index (χ2v) is 7.70. The summed E-state index contributed by atoms with van der Waals surface area (Å²) in [6, 6.07) is 9.65. The Kier molecular flexibility index (Phi) is 6.02. The largest absolute Gasteiger partial charge is 0.456 e. The normalized spacial score (nSPS) is 13.0. The third-order valence-electron chi connectivity index (χ3n) is 4.04. The monoisotopic (exact) mass is 364 g/mol. The van der Waals surface area contributed by atoms with E-state index in [1.54, 1.807) is 43.3 Å². The zero-order chi connectivity index (χ0) is 18.6. The van der Waals surface area contributed by atoms with Gasteiger partial charge in [-0.2, -0.15) is 4.31 Å². The molecule has 0 bridgehead atoms. The molecule has 0 fully saturated rings. The van der Waals surface area contributed by atoms with Crippen LogP contribution >= 0.6 is 0 Å². The number of hydrogen-bond donors (Lipinski definition) is 1. The molecule has 0 spiro atoms. The number of sulfonamides is 1. The van der Waals surface area contributed by atoms with E-state index in [-0.39, 0.29) is 22.6 Å². The molecule has 6 nitrogen and oxygen atoms in total. The number of benzene rings is 1. The molecule has 1 atom stereocenters. The van der Waals surface area contributed by atoms with Gasteiger partial charge < -0.3 is 9.73 Å². The van der Waals surface area contributed by atoms with Gasteiger partial charge in [0.05, 0.1) is 10.9 Å². The summed E-state index contributed by atoms with van der Waals surface area (Å²) in [6.45, 7) is 8.08. The first-order chi connectivity index (χ1) is 11.8. The van der Waals surface area contributed by atoms with Gasteiger partial charge in [0.2, 0.25) is 10.0 Å². The molecule has 1 aromatic heterocycles. The van der Waals surface area contributed by atoms with Gasteiger partial charge >= 0.3 is 0 Å². The van der Waals surface area contributed by atoms with Crippen molar-refractivity contribution >= 4 is 15.9 Å². The van der Waals surface area contributed by atoms with Crippen molar-refractivity contribution in [1.29, 1.82) is 0 Å². The summed E-state index contributed by atoms with van der Waals surface area (Å²) in [6.07, 6.45) is 0. The van der Waals surface area contributed by atoms with E-state index >= 15 is 0 Å². The Hall–Kier alpha value is -2.12. The number of amides is 1. The molecular formula is C18H24N2O4S. The lowest BCUT2D eigenvalue weighted by Gasteiger charge is -2.19. The first-order valence-corrected chi connectivity index (χ1v) is 9.71.